The summed E-state index contributed by atoms with van der Waals surface area (Å²) < 4.78 is 0. The molecule has 0 N–H and O–H groups in total. The van der Waals surface area contributed by atoms with Gasteiger partial charge in [0.25, 0.3) is 0 Å². The van der Waals surface area contributed by atoms with Crippen molar-refractivity contribution in [2.45, 2.75) is 72.8 Å². The summed E-state index contributed by atoms with van der Waals surface area (Å²) in [4.78, 5) is 2.49. The first-order valence-corrected chi connectivity index (χ1v) is 16.9. The molecule has 240 valence electrons. The molecule has 0 spiro atoms. The predicted molar refractivity (Wildman–Crippen MR) is 207 cm³/mol. The fourth-order valence-electron chi connectivity index (χ4n) is 6.24. The highest BCUT2D eigenvalue weighted by Gasteiger charge is 2.27. The lowest BCUT2D eigenvalue weighted by molar-refractivity contribution is 0.338. The summed E-state index contributed by atoms with van der Waals surface area (Å²) in [6.07, 6.45) is 42.2. The van der Waals surface area contributed by atoms with Crippen LogP contribution >= 0.6 is 0 Å². The number of fused-ring (bicyclic) bond motifs is 3. The minimum Gasteiger partial charge on any atom is -0.341 e. The quantitative estimate of drug-likeness (QED) is 0.135. The maximum Gasteiger partial charge on any atom is 0.0600 e. The summed E-state index contributed by atoms with van der Waals surface area (Å²) >= 11 is 0. The lowest BCUT2D eigenvalue weighted by atomic mass is 9.85. The van der Waals surface area contributed by atoms with Crippen molar-refractivity contribution in [2.75, 3.05) is 0 Å². The van der Waals surface area contributed by atoms with E-state index in [4.69, 9.17) is 0 Å². The van der Waals surface area contributed by atoms with E-state index in [9.17, 15) is 0 Å². The van der Waals surface area contributed by atoms with E-state index in [1.807, 2.05) is 24.3 Å². The zero-order valence-corrected chi connectivity index (χ0v) is 29.0. The second kappa shape index (κ2) is 19.2. The lowest BCUT2D eigenvalue weighted by Crippen LogP contribution is -2.23. The number of hydrogen-bond donors (Lipinski definition) is 0. The summed E-state index contributed by atoms with van der Waals surface area (Å²) in [7, 11) is 0. The highest BCUT2D eigenvalue weighted by Crippen LogP contribution is 2.43. The molecule has 2 aromatic rings. The molecule has 46 heavy (non-hydrogen) atoms. The van der Waals surface area contributed by atoms with Crippen LogP contribution in [0.2, 0.25) is 0 Å². The van der Waals surface area contributed by atoms with Crippen molar-refractivity contribution in [1.29, 1.82) is 0 Å². The Kier molecular flexibility index (Phi) is 15.1. The molecule has 1 heteroatoms. The van der Waals surface area contributed by atoms with Gasteiger partial charge in [-0.1, -0.05) is 141 Å². The van der Waals surface area contributed by atoms with Crippen molar-refractivity contribution in [1.82, 2.24) is 4.90 Å². The van der Waals surface area contributed by atoms with Gasteiger partial charge in [-0.25, -0.2) is 0 Å². The monoisotopic (exact) mass is 609 g/mol. The molecule has 0 radical (unpaired) electrons. The van der Waals surface area contributed by atoms with Crippen LogP contribution in [-0.4, -0.2) is 4.90 Å². The van der Waals surface area contributed by atoms with Gasteiger partial charge in [0.05, 0.1) is 6.04 Å². The van der Waals surface area contributed by atoms with Crippen LogP contribution in [0.1, 0.15) is 88.1 Å². The van der Waals surface area contributed by atoms with Crippen LogP contribution in [0.15, 0.2) is 147 Å². The van der Waals surface area contributed by atoms with E-state index in [1.165, 1.54) is 44.3 Å². The van der Waals surface area contributed by atoms with Crippen molar-refractivity contribution < 1.29 is 0 Å². The molecule has 1 aliphatic carbocycles. The van der Waals surface area contributed by atoms with Crippen molar-refractivity contribution in [2.24, 2.45) is 11.8 Å². The molecule has 0 aromatic heterocycles. The number of benzene rings is 2. The maximum atomic E-state index is 3.95. The first-order valence-electron chi connectivity index (χ1n) is 16.9. The molecule has 3 rings (SSSR count). The van der Waals surface area contributed by atoms with Gasteiger partial charge in [0.15, 0.2) is 0 Å². The van der Waals surface area contributed by atoms with E-state index in [2.05, 4.69) is 163 Å². The summed E-state index contributed by atoms with van der Waals surface area (Å²) in [5, 5.41) is 2.63. The molecule has 2 aromatic carbocycles. The average Bonchev–Trinajstić information content (AvgIpc) is 3.29. The minimum absolute atomic E-state index is 0.168. The van der Waals surface area contributed by atoms with Gasteiger partial charge in [0.1, 0.15) is 0 Å². The van der Waals surface area contributed by atoms with Gasteiger partial charge < -0.3 is 4.90 Å². The third-order valence-electron chi connectivity index (χ3n) is 8.90. The van der Waals surface area contributed by atoms with Gasteiger partial charge in [-0.2, -0.15) is 0 Å². The SMILES string of the molecule is C=C/C=C\C(=C/C)N(/C=C/CC(C)/C=C\CC(/C=C/CC=C)/C(C)=C/C)C1CCC=Cc2c(/C=C\C=C)c(C)c3ccccc3c21. The predicted octanol–water partition coefficient (Wildman–Crippen LogP) is 13.3. The molecule has 1 aliphatic rings. The number of hydrogen-bond acceptors (Lipinski definition) is 1. The zero-order valence-electron chi connectivity index (χ0n) is 29.0. The minimum atomic E-state index is 0.168. The molecule has 0 aliphatic heterocycles. The summed E-state index contributed by atoms with van der Waals surface area (Å²) in [5.41, 5.74) is 7.85. The Balaban J connectivity index is 2.01. The first-order chi connectivity index (χ1) is 22.4. The molecule has 1 nitrogen and oxygen atoms in total. The van der Waals surface area contributed by atoms with Gasteiger partial charge in [-0.05, 0) is 105 Å². The summed E-state index contributed by atoms with van der Waals surface area (Å²) in [6.45, 7) is 22.8. The number of allylic oxidation sites excluding steroid dienone is 15. The largest absolute Gasteiger partial charge is 0.341 e. The van der Waals surface area contributed by atoms with Gasteiger partial charge in [0.2, 0.25) is 0 Å². The highest BCUT2D eigenvalue weighted by atomic mass is 15.1. The Hall–Kier alpha value is -4.36. The second-order valence-electron chi connectivity index (χ2n) is 12.1. The number of nitrogens with zero attached hydrogens (tertiary/aromatic N) is 1. The standard InChI is InChI=1S/C45H55N/c1-9-14-17-26-38(36(7)12-4)27-22-24-35(6)25-23-34-46(39(13-5)28-15-10-2)44-33-21-20-32-42-40(29-16-11-3)37(8)41-30-18-19-31-43(41)45(42)44/h9-13,15-20,22-24,26,28-32,34-35,38,44H,1-3,14,21,25,27,33H2,4-8H3/b24-22-,26-17+,28-15-,29-16-,34-23+,36-12+,39-13+. The normalized spacial score (nSPS) is 17.4. The zero-order chi connectivity index (χ0) is 33.3. The van der Waals surface area contributed by atoms with Gasteiger partial charge in [-0.15, -0.1) is 6.58 Å². The van der Waals surface area contributed by atoms with E-state index in [-0.39, 0.29) is 6.04 Å². The molecular formula is C45H55N. The van der Waals surface area contributed by atoms with Gasteiger partial charge >= 0.3 is 0 Å². The van der Waals surface area contributed by atoms with E-state index in [0.29, 0.717) is 11.8 Å². The molecule has 0 saturated carbocycles. The first kappa shape index (κ1) is 36.1. The van der Waals surface area contributed by atoms with E-state index in [0.717, 1.165) is 32.1 Å². The molecule has 0 bridgehead atoms. The summed E-state index contributed by atoms with van der Waals surface area (Å²) in [5.74, 6) is 0.865. The second-order valence-corrected chi connectivity index (χ2v) is 12.1. The molecular weight excluding hydrogens is 555 g/mol. The number of aryl methyl sites for hydroxylation is 1. The van der Waals surface area contributed by atoms with E-state index >= 15 is 0 Å². The Morgan fingerprint density at radius 3 is 2.41 bits per heavy atom. The Bertz CT molecular complexity index is 1580. The fraction of sp³-hybridized carbons (Fsp3) is 0.289. The Morgan fingerprint density at radius 2 is 1.72 bits per heavy atom. The van der Waals surface area contributed by atoms with Crippen LogP contribution in [0.3, 0.4) is 0 Å². The average molecular weight is 610 g/mol. The Morgan fingerprint density at radius 1 is 0.957 bits per heavy atom. The van der Waals surface area contributed by atoms with Crippen molar-refractivity contribution >= 4 is 22.9 Å². The molecule has 0 saturated heterocycles. The highest BCUT2D eigenvalue weighted by molar-refractivity contribution is 5.96. The van der Waals surface area contributed by atoms with Crippen LogP contribution in [0, 0.1) is 18.8 Å². The summed E-state index contributed by atoms with van der Waals surface area (Å²) in [6, 6.07) is 9.06. The third-order valence-corrected chi connectivity index (χ3v) is 8.90. The van der Waals surface area contributed by atoms with Crippen LogP contribution in [0.4, 0.5) is 0 Å². The molecule has 0 heterocycles. The maximum absolute atomic E-state index is 3.95. The van der Waals surface area contributed by atoms with Gasteiger partial charge in [0, 0.05) is 17.8 Å². The van der Waals surface area contributed by atoms with Crippen molar-refractivity contribution in [3.63, 3.8) is 0 Å². The van der Waals surface area contributed by atoms with Crippen LogP contribution < -0.4 is 0 Å². The van der Waals surface area contributed by atoms with Crippen molar-refractivity contribution in [3.05, 3.63) is 169 Å². The third kappa shape index (κ3) is 9.57. The topological polar surface area (TPSA) is 3.24 Å². The van der Waals surface area contributed by atoms with Crippen LogP contribution in [-0.2, 0) is 0 Å². The molecule has 0 fully saturated rings. The fourth-order valence-corrected chi connectivity index (χ4v) is 6.24. The molecule has 3 atom stereocenters. The van der Waals surface area contributed by atoms with Crippen molar-refractivity contribution in [3.8, 4) is 0 Å². The van der Waals surface area contributed by atoms with Crippen LogP contribution in [0.5, 0.6) is 0 Å². The van der Waals surface area contributed by atoms with Crippen LogP contribution in [0.25, 0.3) is 22.9 Å². The molecule has 3 unspecified atom stereocenters. The van der Waals surface area contributed by atoms with E-state index < -0.39 is 0 Å². The molecule has 0 amide bonds. The van der Waals surface area contributed by atoms with Gasteiger partial charge in [-0.3, -0.25) is 0 Å². The smallest absolute Gasteiger partial charge is 0.0600 e. The lowest BCUT2D eigenvalue weighted by Gasteiger charge is -2.34. The number of rotatable bonds is 16. The Labute approximate surface area is 280 Å². The van der Waals surface area contributed by atoms with E-state index in [1.54, 1.807) is 0 Å².